The molecule has 0 saturated heterocycles. The van der Waals surface area contributed by atoms with E-state index in [2.05, 4.69) is 15.3 Å². The first-order chi connectivity index (χ1) is 8.59. The summed E-state index contributed by atoms with van der Waals surface area (Å²) in [6.45, 7) is 3.93. The van der Waals surface area contributed by atoms with Crippen LogP contribution in [0.3, 0.4) is 0 Å². The first-order valence-corrected chi connectivity index (χ1v) is 5.97. The third-order valence-electron chi connectivity index (χ3n) is 3.00. The Morgan fingerprint density at radius 3 is 2.61 bits per heavy atom. The molecular weight excluding hydrogens is 250 g/mol. The van der Waals surface area contributed by atoms with Crippen molar-refractivity contribution >= 4 is 17.2 Å². The molecule has 92 valence electrons. The molecule has 0 fully saturated rings. The van der Waals surface area contributed by atoms with E-state index in [1.165, 1.54) is 0 Å². The van der Waals surface area contributed by atoms with E-state index < -0.39 is 0 Å². The first-order valence-electron chi connectivity index (χ1n) is 5.60. The molecule has 0 aliphatic carbocycles. The van der Waals surface area contributed by atoms with Crippen LogP contribution in [0.1, 0.15) is 11.4 Å². The molecule has 3 rings (SSSR count). The Morgan fingerprint density at radius 1 is 1.17 bits per heavy atom. The Hall–Kier alpha value is -1.88. The zero-order valence-corrected chi connectivity index (χ0v) is 11.1. The van der Waals surface area contributed by atoms with Gasteiger partial charge in [0.15, 0.2) is 11.5 Å². The predicted molar refractivity (Wildman–Crippen MR) is 69.7 cm³/mol. The van der Waals surface area contributed by atoms with Gasteiger partial charge in [0.2, 0.25) is 0 Å². The average Bonchev–Trinajstić information content (AvgIpc) is 2.83. The predicted octanol–water partition coefficient (Wildman–Crippen LogP) is 2.40. The van der Waals surface area contributed by atoms with Crippen LogP contribution >= 0.6 is 11.6 Å². The van der Waals surface area contributed by atoms with E-state index in [1.54, 1.807) is 4.68 Å². The van der Waals surface area contributed by atoms with E-state index in [0.29, 0.717) is 5.15 Å². The fraction of sp³-hybridized carbons (Fsp3) is 0.250. The molecule has 3 aromatic heterocycles. The minimum Gasteiger partial charge on any atom is -0.280 e. The molecule has 18 heavy (non-hydrogen) atoms. The van der Waals surface area contributed by atoms with Crippen molar-refractivity contribution < 1.29 is 0 Å². The number of fused-ring (bicyclic) bond motifs is 1. The summed E-state index contributed by atoms with van der Waals surface area (Å²) >= 11 is 6.28. The van der Waals surface area contributed by atoms with E-state index in [1.807, 2.05) is 43.5 Å². The molecule has 0 saturated carbocycles. The van der Waals surface area contributed by atoms with Gasteiger partial charge in [0, 0.05) is 12.7 Å². The largest absolute Gasteiger partial charge is 0.280 e. The number of rotatable bonds is 1. The highest BCUT2D eigenvalue weighted by Crippen LogP contribution is 2.29. The van der Waals surface area contributed by atoms with Gasteiger partial charge in [-0.05, 0) is 26.0 Å². The summed E-state index contributed by atoms with van der Waals surface area (Å²) in [6.07, 6.45) is 0. The van der Waals surface area contributed by atoms with Crippen LogP contribution in [0.25, 0.3) is 17.0 Å². The van der Waals surface area contributed by atoms with Crippen molar-refractivity contribution in [2.45, 2.75) is 13.8 Å². The first kappa shape index (κ1) is 11.2. The maximum atomic E-state index is 6.28. The zero-order chi connectivity index (χ0) is 12.9. The minimum absolute atomic E-state index is 0.574. The van der Waals surface area contributed by atoms with Crippen molar-refractivity contribution in [2.24, 2.45) is 7.05 Å². The molecule has 3 aromatic rings. The van der Waals surface area contributed by atoms with E-state index in [0.717, 1.165) is 28.4 Å². The van der Waals surface area contributed by atoms with Crippen molar-refractivity contribution in [3.8, 4) is 11.4 Å². The topological polar surface area (TPSA) is 48.0 Å². The number of aromatic nitrogens is 5. The van der Waals surface area contributed by atoms with Gasteiger partial charge >= 0.3 is 0 Å². The molecular formula is C12H12ClN5. The third-order valence-corrected chi connectivity index (χ3v) is 3.43. The van der Waals surface area contributed by atoms with Gasteiger partial charge in [-0.15, -0.1) is 10.2 Å². The summed E-state index contributed by atoms with van der Waals surface area (Å²) in [5, 5.41) is 13.3. The summed E-state index contributed by atoms with van der Waals surface area (Å²) in [5.41, 5.74) is 3.55. The Labute approximate surface area is 109 Å². The lowest BCUT2D eigenvalue weighted by Crippen LogP contribution is -1.95. The molecule has 0 amide bonds. The van der Waals surface area contributed by atoms with Crippen molar-refractivity contribution in [2.75, 3.05) is 0 Å². The van der Waals surface area contributed by atoms with Crippen LogP contribution in [0.5, 0.6) is 0 Å². The third kappa shape index (κ3) is 1.44. The molecule has 0 radical (unpaired) electrons. The normalized spacial score (nSPS) is 11.3. The van der Waals surface area contributed by atoms with Gasteiger partial charge in [-0.1, -0.05) is 17.7 Å². The van der Waals surface area contributed by atoms with Gasteiger partial charge in [-0.3, -0.25) is 9.08 Å². The SMILES string of the molecule is Cc1nn(C)c(Cl)c1-c1nnc2cccc(C)n12. The maximum Gasteiger partial charge on any atom is 0.173 e. The lowest BCUT2D eigenvalue weighted by Gasteiger charge is -2.03. The van der Waals surface area contributed by atoms with Crippen molar-refractivity contribution in [3.05, 3.63) is 34.7 Å². The van der Waals surface area contributed by atoms with Crippen LogP contribution in [0.15, 0.2) is 18.2 Å². The standard InChI is InChI=1S/C12H12ClN5/c1-7-5-4-6-9-14-15-12(18(7)9)10-8(2)16-17(3)11(10)13/h4-6H,1-3H3. The smallest absolute Gasteiger partial charge is 0.173 e. The number of hydrogen-bond donors (Lipinski definition) is 0. The van der Waals surface area contributed by atoms with Crippen LogP contribution in [-0.4, -0.2) is 24.4 Å². The number of pyridine rings is 1. The fourth-order valence-electron chi connectivity index (χ4n) is 2.15. The monoisotopic (exact) mass is 261 g/mol. The van der Waals surface area contributed by atoms with E-state index >= 15 is 0 Å². The van der Waals surface area contributed by atoms with E-state index in [4.69, 9.17) is 11.6 Å². The quantitative estimate of drug-likeness (QED) is 0.676. The Morgan fingerprint density at radius 2 is 1.94 bits per heavy atom. The fourth-order valence-corrected chi connectivity index (χ4v) is 2.41. The number of nitrogens with zero attached hydrogens (tertiary/aromatic N) is 5. The van der Waals surface area contributed by atoms with Crippen LogP contribution in [0, 0.1) is 13.8 Å². The highest BCUT2D eigenvalue weighted by Gasteiger charge is 2.19. The number of halogens is 1. The molecule has 3 heterocycles. The molecule has 0 aliphatic heterocycles. The Bertz CT molecular complexity index is 740. The second kappa shape index (κ2) is 3.81. The van der Waals surface area contributed by atoms with E-state index in [-0.39, 0.29) is 0 Å². The lowest BCUT2D eigenvalue weighted by atomic mass is 10.2. The van der Waals surface area contributed by atoms with Gasteiger partial charge in [0.25, 0.3) is 0 Å². The molecule has 0 aliphatic rings. The van der Waals surface area contributed by atoms with Gasteiger partial charge in [0.1, 0.15) is 5.15 Å². The summed E-state index contributed by atoms with van der Waals surface area (Å²) in [5.74, 6) is 0.735. The van der Waals surface area contributed by atoms with Crippen LogP contribution in [-0.2, 0) is 7.05 Å². The molecule has 0 bridgehead atoms. The van der Waals surface area contributed by atoms with Gasteiger partial charge in [-0.25, -0.2) is 0 Å². The Balaban J connectivity index is 2.39. The maximum absolute atomic E-state index is 6.28. The molecule has 0 atom stereocenters. The highest BCUT2D eigenvalue weighted by atomic mass is 35.5. The van der Waals surface area contributed by atoms with Crippen molar-refractivity contribution in [3.63, 3.8) is 0 Å². The number of hydrogen-bond acceptors (Lipinski definition) is 3. The van der Waals surface area contributed by atoms with Crippen LogP contribution in [0.4, 0.5) is 0 Å². The summed E-state index contributed by atoms with van der Waals surface area (Å²) in [7, 11) is 1.81. The van der Waals surface area contributed by atoms with Crippen molar-refractivity contribution in [1.82, 2.24) is 24.4 Å². The van der Waals surface area contributed by atoms with Gasteiger partial charge < -0.3 is 0 Å². The summed E-state index contributed by atoms with van der Waals surface area (Å²) in [4.78, 5) is 0. The van der Waals surface area contributed by atoms with Crippen LogP contribution in [0.2, 0.25) is 5.15 Å². The number of aryl methyl sites for hydroxylation is 3. The second-order valence-electron chi connectivity index (χ2n) is 4.26. The van der Waals surface area contributed by atoms with Gasteiger partial charge in [0.05, 0.1) is 11.3 Å². The van der Waals surface area contributed by atoms with Crippen molar-refractivity contribution in [1.29, 1.82) is 0 Å². The highest BCUT2D eigenvalue weighted by molar-refractivity contribution is 6.32. The average molecular weight is 262 g/mol. The van der Waals surface area contributed by atoms with E-state index in [9.17, 15) is 0 Å². The minimum atomic E-state index is 0.574. The Kier molecular flexibility index (Phi) is 2.38. The molecule has 0 aromatic carbocycles. The molecule has 0 unspecified atom stereocenters. The second-order valence-corrected chi connectivity index (χ2v) is 4.62. The molecule has 0 spiro atoms. The lowest BCUT2D eigenvalue weighted by molar-refractivity contribution is 0.757. The van der Waals surface area contributed by atoms with Crippen LogP contribution < -0.4 is 0 Å². The summed E-state index contributed by atoms with van der Waals surface area (Å²) in [6, 6.07) is 5.89. The summed E-state index contributed by atoms with van der Waals surface area (Å²) < 4.78 is 3.63. The zero-order valence-electron chi connectivity index (χ0n) is 10.3. The molecule has 6 heteroatoms. The van der Waals surface area contributed by atoms with Gasteiger partial charge in [-0.2, -0.15) is 5.10 Å². The molecule has 0 N–H and O–H groups in total. The molecule has 5 nitrogen and oxygen atoms in total.